The third kappa shape index (κ3) is 22.4. The second-order valence-corrected chi connectivity index (χ2v) is 28.5. The summed E-state index contributed by atoms with van der Waals surface area (Å²) < 4.78 is 25.3. The molecule has 0 radical (unpaired) electrons. The minimum atomic E-state index is 0.0229. The molecule has 5 aliphatic rings. The summed E-state index contributed by atoms with van der Waals surface area (Å²) in [6.07, 6.45) is 10.6. The quantitative estimate of drug-likeness (QED) is 0.0981. The van der Waals surface area contributed by atoms with Crippen molar-refractivity contribution in [1.29, 1.82) is 0 Å². The molecule has 652 valence electrons. The number of benzene rings is 6. The zero-order chi connectivity index (χ0) is 92.3. The highest BCUT2D eigenvalue weighted by atomic mass is 16.5. The highest BCUT2D eigenvalue weighted by Gasteiger charge is 2.52. The number of para-hydroxylation sites is 5. The van der Waals surface area contributed by atoms with E-state index in [1.54, 1.807) is 0 Å². The molecule has 0 fully saturated rings. The first kappa shape index (κ1) is 107. The molecule has 0 N–H and O–H groups in total. The molecule has 6 aromatic heterocycles. The van der Waals surface area contributed by atoms with Crippen molar-refractivity contribution >= 4 is 113 Å². The third-order valence-electron chi connectivity index (χ3n) is 21.9. The molecule has 11 heterocycles. The highest BCUT2D eigenvalue weighted by molar-refractivity contribution is 6.70. The summed E-state index contributed by atoms with van der Waals surface area (Å²) >= 11 is 0. The molecule has 0 aliphatic carbocycles. The summed E-state index contributed by atoms with van der Waals surface area (Å²) in [7, 11) is 14.9. The molecule has 5 aliphatic heterocycles. The number of aromatic nitrogens is 6. The van der Waals surface area contributed by atoms with Crippen molar-refractivity contribution in [2.75, 3.05) is 43.0 Å². The van der Waals surface area contributed by atoms with Gasteiger partial charge in [-0.1, -0.05) is 289 Å². The maximum absolute atomic E-state index is 5.92. The fraction of sp³-hybridized carbons (Fsp3) is 0.427. The second-order valence-electron chi connectivity index (χ2n) is 28.5. The van der Waals surface area contributed by atoms with Gasteiger partial charge in [0.2, 0.25) is 0 Å². The van der Waals surface area contributed by atoms with Gasteiger partial charge in [0.1, 0.15) is 40.2 Å². The summed E-state index contributed by atoms with van der Waals surface area (Å²) in [5.41, 5.74) is 19.7. The first-order valence-corrected chi connectivity index (χ1v) is 45.8. The lowest BCUT2D eigenvalue weighted by molar-refractivity contribution is -0.658. The Labute approximate surface area is 739 Å². The van der Waals surface area contributed by atoms with Crippen LogP contribution in [0, 0.1) is 34.6 Å². The van der Waals surface area contributed by atoms with Crippen LogP contribution >= 0.6 is 0 Å². The number of fused-ring (bicyclic) bond motifs is 7. The summed E-state index contributed by atoms with van der Waals surface area (Å²) in [4.78, 5) is 13.9. The van der Waals surface area contributed by atoms with E-state index in [-0.39, 0.29) is 24.9 Å². The van der Waals surface area contributed by atoms with E-state index < -0.39 is 0 Å². The van der Waals surface area contributed by atoms with Crippen LogP contribution in [0.3, 0.4) is 0 Å². The first-order chi connectivity index (χ1) is 58.3. The Bertz CT molecular complexity index is 4880. The molecule has 0 bridgehead atoms. The Balaban J connectivity index is 0.000000486. The van der Waals surface area contributed by atoms with Gasteiger partial charge in [0, 0.05) is 52.9 Å². The Morgan fingerprint density at radius 2 is 0.694 bits per heavy atom. The van der Waals surface area contributed by atoms with Gasteiger partial charge < -0.3 is 18.9 Å². The molecule has 6 aromatic carbocycles. The number of imidazole rings is 1. The number of anilines is 10. The summed E-state index contributed by atoms with van der Waals surface area (Å²) in [5.74, 6) is 6.63. The van der Waals surface area contributed by atoms with Crippen molar-refractivity contribution in [2.45, 2.75) is 253 Å². The van der Waals surface area contributed by atoms with Gasteiger partial charge in [0.25, 0.3) is 23.1 Å². The SMILES string of the molecule is CB1N(C)c2ccc[n+](C)c2N1c1ccccc1C.CB1N(C)c2cccc(C)c2N1c1cccc[n+]1C.CB1Oc2ccc[n+](C)c2N1c1ccccc1C.CB1Oc2cccc(C)c2N1c1cccc[n+]1C.CC.CC.CC.CC.CC.CC.CC.CC.CC.CC.CC.Cc1cccc2c3cccc4c3n3c(c[n+](C)c3c12)C(C)(C)C4(C)C. The average Bonchev–Trinajstić information content (AvgIpc) is 1.61. The van der Waals surface area contributed by atoms with Gasteiger partial charge in [0.15, 0.2) is 17.1 Å². The molecule has 0 unspecified atom stereocenters. The Morgan fingerprint density at radius 1 is 0.314 bits per heavy atom. The zero-order valence-electron chi connectivity index (χ0n) is 83.7. The van der Waals surface area contributed by atoms with Crippen molar-refractivity contribution < 1.29 is 32.1 Å². The van der Waals surface area contributed by atoms with Gasteiger partial charge in [-0.15, -0.1) is 0 Å². The van der Waals surface area contributed by atoms with Gasteiger partial charge in [-0.05, 0) is 151 Å². The maximum atomic E-state index is 5.92. The van der Waals surface area contributed by atoms with E-state index >= 15 is 0 Å². The summed E-state index contributed by atoms with van der Waals surface area (Å²) in [6, 6.07) is 64.0. The minimum absolute atomic E-state index is 0.0229. The summed E-state index contributed by atoms with van der Waals surface area (Å²) in [6.45, 7) is 73.7. The molecule has 0 atom stereocenters. The van der Waals surface area contributed by atoms with Crippen molar-refractivity contribution in [2.24, 2.45) is 35.2 Å². The van der Waals surface area contributed by atoms with E-state index in [4.69, 9.17) is 9.31 Å². The minimum Gasteiger partial charge on any atom is -0.519 e. The number of hydrogen-bond donors (Lipinski definition) is 0. The lowest BCUT2D eigenvalue weighted by Crippen LogP contribution is -2.46. The van der Waals surface area contributed by atoms with Crippen LogP contribution in [0.5, 0.6) is 11.5 Å². The topological polar surface area (TPSA) is 61.7 Å². The van der Waals surface area contributed by atoms with Crippen LogP contribution in [0.1, 0.15) is 219 Å². The van der Waals surface area contributed by atoms with Crippen LogP contribution in [0.4, 0.5) is 57.4 Å². The molecular formula is C103H161B4N12O2+5. The largest absolute Gasteiger partial charge is 0.607 e. The van der Waals surface area contributed by atoms with Crippen LogP contribution in [-0.4, -0.2) is 46.6 Å². The smallest absolute Gasteiger partial charge is 0.519 e. The fourth-order valence-electron chi connectivity index (χ4n) is 15.6. The monoisotopic (exact) mass is 1640 g/mol. The maximum Gasteiger partial charge on any atom is 0.607 e. The molecule has 17 rings (SSSR count). The number of nitrogens with zero attached hydrogens (tertiary/aromatic N) is 12. The van der Waals surface area contributed by atoms with Gasteiger partial charge in [-0.25, -0.2) is 32.5 Å². The molecule has 0 amide bonds. The van der Waals surface area contributed by atoms with Gasteiger partial charge >= 0.3 is 33.9 Å². The van der Waals surface area contributed by atoms with Crippen LogP contribution in [-0.2, 0) is 46.1 Å². The lowest BCUT2D eigenvalue weighted by Gasteiger charge is -2.42. The Hall–Kier alpha value is -10.2. The molecule has 0 saturated heterocycles. The molecule has 14 nitrogen and oxygen atoms in total. The normalized spacial score (nSPS) is 12.6. The summed E-state index contributed by atoms with van der Waals surface area (Å²) in [5, 5.41) is 4.10. The van der Waals surface area contributed by atoms with E-state index in [1.165, 1.54) is 112 Å². The first-order valence-electron chi connectivity index (χ1n) is 45.8. The van der Waals surface area contributed by atoms with Crippen molar-refractivity contribution in [3.63, 3.8) is 0 Å². The number of aryl methyl sites for hydroxylation is 10. The standard InChI is InChI=1S/C23H25N2.2C15H19BN3.2C14H16BN2O.11C2H6/c1-14-9-7-10-15-16-11-8-12-17-20(16)25-18(23(4,5)22(17,2)3)13-24(6)21(25)19(14)15;1-12-8-7-9-13-15(12)19(16(2)18(13)4)14-10-5-6-11-17(14)3;1-12-8-5-6-9-13(12)19-15-14(18(4)16(19)2)10-7-11-17(15)3;1-11-7-6-8-12-14(11)17(15(2)18-12)13-9-4-5-10-16(13)3;1-11-7-4-5-8-12(11)17-14-13(18-15(17)2)9-6-10-16(14)3;11*1-2/h7-13H,1-6H3;2*5-11H,1-4H3;2*4-10H,1-3H3;11*1-2H3/q5*+1;;;;;;;;;;;. The van der Waals surface area contributed by atoms with Crippen molar-refractivity contribution in [3.8, 4) is 11.5 Å². The Morgan fingerprint density at radius 3 is 1.23 bits per heavy atom. The van der Waals surface area contributed by atoms with E-state index in [1.807, 2.05) is 196 Å². The average molecular weight is 1640 g/mol. The molecule has 121 heavy (non-hydrogen) atoms. The van der Waals surface area contributed by atoms with Gasteiger partial charge in [0.05, 0.1) is 71.1 Å². The second kappa shape index (κ2) is 51.5. The van der Waals surface area contributed by atoms with Crippen LogP contribution < -0.4 is 61.0 Å². The van der Waals surface area contributed by atoms with Gasteiger partial charge in [-0.3, -0.25) is 9.62 Å². The number of pyridine rings is 5. The molecular weight excluding hydrogens is 1480 g/mol. The number of hydrogen-bond acceptors (Lipinski definition) is 8. The van der Waals surface area contributed by atoms with E-state index in [9.17, 15) is 0 Å². The van der Waals surface area contributed by atoms with Crippen LogP contribution in [0.25, 0.3) is 27.3 Å². The lowest BCUT2D eigenvalue weighted by atomic mass is 9.61. The van der Waals surface area contributed by atoms with Crippen LogP contribution in [0.2, 0.25) is 27.3 Å². The van der Waals surface area contributed by atoms with Crippen molar-refractivity contribution in [1.82, 2.24) is 4.40 Å². The van der Waals surface area contributed by atoms with Crippen LogP contribution in [0.15, 0.2) is 213 Å². The molecule has 0 saturated carbocycles. The van der Waals surface area contributed by atoms with E-state index in [2.05, 4.69) is 364 Å². The third-order valence-corrected chi connectivity index (χ3v) is 21.9. The molecule has 18 heteroatoms. The highest BCUT2D eigenvalue weighted by Crippen LogP contribution is 2.52. The molecule has 12 aromatic rings. The van der Waals surface area contributed by atoms with Gasteiger partial charge in [-0.2, -0.15) is 4.40 Å². The molecule has 0 spiro atoms. The fourth-order valence-corrected chi connectivity index (χ4v) is 15.6. The van der Waals surface area contributed by atoms with E-state index in [0.29, 0.717) is 14.0 Å². The Kier molecular flexibility index (Phi) is 45.5. The number of rotatable bonds is 4. The van der Waals surface area contributed by atoms with Crippen molar-refractivity contribution in [3.05, 3.63) is 252 Å². The van der Waals surface area contributed by atoms with E-state index in [0.717, 1.165) is 23.1 Å². The zero-order valence-corrected chi connectivity index (χ0v) is 83.7. The predicted molar refractivity (Wildman–Crippen MR) is 537 cm³/mol. The predicted octanol–water partition coefficient (Wildman–Crippen LogP) is 26.2.